The lowest BCUT2D eigenvalue weighted by Gasteiger charge is -2.39. The van der Waals surface area contributed by atoms with Gasteiger partial charge < -0.3 is 9.80 Å². The minimum Gasteiger partial charge on any atom is -0.350 e. The zero-order chi connectivity index (χ0) is 19.8. The first-order chi connectivity index (χ1) is 13.7. The molecule has 2 aliphatic rings. The molecule has 0 aromatic heterocycles. The van der Waals surface area contributed by atoms with Gasteiger partial charge in [-0.25, -0.2) is 0 Å². The molecule has 0 atom stereocenters. The number of rotatable bonds is 6. The number of nitrogens with zero attached hydrogens (tertiary/aromatic N) is 4. The minimum absolute atomic E-state index is 0.0923. The highest BCUT2D eigenvalue weighted by atomic mass is 16.6. The summed E-state index contributed by atoms with van der Waals surface area (Å²) in [6, 6.07) is 9.20. The van der Waals surface area contributed by atoms with Gasteiger partial charge in [0, 0.05) is 31.7 Å². The Morgan fingerprint density at radius 2 is 1.71 bits per heavy atom. The Balaban J connectivity index is 1.60. The third-order valence-electron chi connectivity index (χ3n) is 6.37. The second-order valence-corrected chi connectivity index (χ2v) is 8.27. The Kier molecular flexibility index (Phi) is 7.67. The van der Waals surface area contributed by atoms with Gasteiger partial charge in [0.1, 0.15) is 12.2 Å². The first kappa shape index (κ1) is 20.6. The Labute approximate surface area is 168 Å². The van der Waals surface area contributed by atoms with Crippen LogP contribution in [0.4, 0.5) is 11.4 Å². The Bertz CT molecular complexity index is 671. The van der Waals surface area contributed by atoms with Crippen molar-refractivity contribution in [2.45, 2.75) is 63.8 Å². The van der Waals surface area contributed by atoms with Crippen LogP contribution in [0.15, 0.2) is 24.3 Å². The molecule has 0 unspecified atom stereocenters. The van der Waals surface area contributed by atoms with E-state index in [4.69, 9.17) is 0 Å². The second kappa shape index (κ2) is 10.4. The Hall–Kier alpha value is -2.13. The number of piperidine rings is 1. The van der Waals surface area contributed by atoms with Crippen molar-refractivity contribution in [3.05, 3.63) is 34.4 Å². The summed E-state index contributed by atoms with van der Waals surface area (Å²) in [5.41, 5.74) is 0.669. The molecular weight excluding hydrogens is 352 g/mol. The topological polar surface area (TPSA) is 73.4 Å². The van der Waals surface area contributed by atoms with Crippen molar-refractivity contribution in [2.75, 3.05) is 31.1 Å². The van der Waals surface area contributed by atoms with Crippen molar-refractivity contribution in [2.24, 2.45) is 5.92 Å². The minimum atomic E-state index is -0.344. The fourth-order valence-electron chi connectivity index (χ4n) is 4.85. The van der Waals surface area contributed by atoms with E-state index in [1.807, 2.05) is 11.0 Å². The van der Waals surface area contributed by atoms with Gasteiger partial charge in [-0.05, 0) is 37.7 Å². The number of benzene rings is 1. The number of para-hydroxylation sites is 2. The molecule has 1 aromatic rings. The van der Waals surface area contributed by atoms with E-state index in [0.29, 0.717) is 5.69 Å². The molecule has 3 rings (SSSR count). The number of nitriles is 1. The molecule has 2 fully saturated rings. The van der Waals surface area contributed by atoms with Gasteiger partial charge in [-0.15, -0.1) is 0 Å². The lowest BCUT2D eigenvalue weighted by molar-refractivity contribution is -0.384. The zero-order valence-corrected chi connectivity index (χ0v) is 16.8. The molecule has 1 saturated carbocycles. The molecule has 6 nitrogen and oxygen atoms in total. The van der Waals surface area contributed by atoms with Crippen molar-refractivity contribution in [3.8, 4) is 6.07 Å². The van der Waals surface area contributed by atoms with Gasteiger partial charge in [0.2, 0.25) is 0 Å². The molecule has 0 N–H and O–H groups in total. The van der Waals surface area contributed by atoms with Crippen LogP contribution in [0.25, 0.3) is 0 Å². The van der Waals surface area contributed by atoms with Gasteiger partial charge in [-0.3, -0.25) is 10.1 Å². The third kappa shape index (κ3) is 5.45. The molecule has 1 aromatic carbocycles. The van der Waals surface area contributed by atoms with E-state index in [0.717, 1.165) is 31.8 Å². The number of nitro benzene ring substituents is 1. The molecule has 0 amide bonds. The van der Waals surface area contributed by atoms with E-state index in [1.165, 1.54) is 57.6 Å². The number of likely N-dealkylation sites (tertiary alicyclic amines) is 1. The van der Waals surface area contributed by atoms with Crippen LogP contribution in [0.5, 0.6) is 0 Å². The smallest absolute Gasteiger partial charge is 0.292 e. The van der Waals surface area contributed by atoms with E-state index in [9.17, 15) is 15.4 Å². The lowest BCUT2D eigenvalue weighted by atomic mass is 9.90. The largest absolute Gasteiger partial charge is 0.350 e. The normalized spacial score (nSPS) is 20.1. The molecule has 1 aliphatic carbocycles. The van der Waals surface area contributed by atoms with Gasteiger partial charge in [0.25, 0.3) is 5.69 Å². The lowest BCUT2D eigenvalue weighted by Crippen LogP contribution is -2.46. The van der Waals surface area contributed by atoms with Crippen LogP contribution >= 0.6 is 0 Å². The molecule has 1 aliphatic heterocycles. The van der Waals surface area contributed by atoms with Gasteiger partial charge in [-0.2, -0.15) is 5.26 Å². The van der Waals surface area contributed by atoms with Crippen molar-refractivity contribution in [1.82, 2.24) is 4.90 Å². The van der Waals surface area contributed by atoms with Crippen molar-refractivity contribution < 1.29 is 4.92 Å². The standard InChI is InChI=1S/C22H32N4O2/c23-14-17-25(21-10-6-7-11-22(21)26(27)28)20-12-15-24(16-13-20)18-19-8-4-2-1-3-5-9-19/h6-7,10-11,19-20H,1-5,8-9,12-13,15-18H2. The van der Waals surface area contributed by atoms with Gasteiger partial charge in [-0.1, -0.05) is 44.2 Å². The third-order valence-corrected chi connectivity index (χ3v) is 6.37. The number of hydrogen-bond acceptors (Lipinski definition) is 5. The van der Waals surface area contributed by atoms with Crippen LogP contribution < -0.4 is 4.90 Å². The van der Waals surface area contributed by atoms with Crippen molar-refractivity contribution in [1.29, 1.82) is 5.26 Å². The van der Waals surface area contributed by atoms with Gasteiger partial charge in [0.15, 0.2) is 0 Å². The van der Waals surface area contributed by atoms with Gasteiger partial charge >= 0.3 is 0 Å². The fourth-order valence-corrected chi connectivity index (χ4v) is 4.85. The van der Waals surface area contributed by atoms with E-state index in [-0.39, 0.29) is 23.2 Å². The highest BCUT2D eigenvalue weighted by molar-refractivity contribution is 5.64. The van der Waals surface area contributed by atoms with Crippen molar-refractivity contribution in [3.63, 3.8) is 0 Å². The molecule has 6 heteroatoms. The molecular formula is C22H32N4O2. The van der Waals surface area contributed by atoms with Crippen LogP contribution in [0, 0.1) is 27.4 Å². The first-order valence-electron chi connectivity index (χ1n) is 10.8. The monoisotopic (exact) mass is 384 g/mol. The summed E-state index contributed by atoms with van der Waals surface area (Å²) in [6.07, 6.45) is 11.5. The average molecular weight is 385 g/mol. The van der Waals surface area contributed by atoms with E-state index in [2.05, 4.69) is 11.0 Å². The Morgan fingerprint density at radius 3 is 2.36 bits per heavy atom. The summed E-state index contributed by atoms with van der Waals surface area (Å²) in [5, 5.41) is 20.7. The summed E-state index contributed by atoms with van der Waals surface area (Å²) < 4.78 is 0. The summed E-state index contributed by atoms with van der Waals surface area (Å²) in [5.74, 6) is 0.822. The zero-order valence-electron chi connectivity index (χ0n) is 16.8. The number of hydrogen-bond donors (Lipinski definition) is 0. The second-order valence-electron chi connectivity index (χ2n) is 8.27. The highest BCUT2D eigenvalue weighted by Crippen LogP contribution is 2.32. The predicted octanol–water partition coefficient (Wildman–Crippen LogP) is 4.75. The van der Waals surface area contributed by atoms with Crippen LogP contribution in [0.2, 0.25) is 0 Å². The molecule has 28 heavy (non-hydrogen) atoms. The van der Waals surface area contributed by atoms with Gasteiger partial charge in [0.05, 0.1) is 11.0 Å². The molecule has 1 saturated heterocycles. The predicted molar refractivity (Wildman–Crippen MR) is 111 cm³/mol. The quantitative estimate of drug-likeness (QED) is 0.402. The van der Waals surface area contributed by atoms with E-state index >= 15 is 0 Å². The summed E-state index contributed by atoms with van der Waals surface area (Å²) in [7, 11) is 0. The number of anilines is 1. The fraction of sp³-hybridized carbons (Fsp3) is 0.682. The van der Waals surface area contributed by atoms with E-state index in [1.54, 1.807) is 12.1 Å². The highest BCUT2D eigenvalue weighted by Gasteiger charge is 2.29. The molecule has 0 bridgehead atoms. The maximum absolute atomic E-state index is 11.4. The molecule has 1 heterocycles. The number of nitro groups is 1. The summed E-state index contributed by atoms with van der Waals surface area (Å²) >= 11 is 0. The van der Waals surface area contributed by atoms with Crippen LogP contribution in [-0.2, 0) is 0 Å². The van der Waals surface area contributed by atoms with Crippen LogP contribution in [0.3, 0.4) is 0 Å². The summed E-state index contributed by atoms with van der Waals surface area (Å²) in [4.78, 5) is 15.6. The maximum atomic E-state index is 11.4. The molecule has 152 valence electrons. The Morgan fingerprint density at radius 1 is 1.07 bits per heavy atom. The van der Waals surface area contributed by atoms with Crippen molar-refractivity contribution >= 4 is 11.4 Å². The maximum Gasteiger partial charge on any atom is 0.292 e. The van der Waals surface area contributed by atoms with Crippen LogP contribution in [-0.4, -0.2) is 42.0 Å². The average Bonchev–Trinajstić information content (AvgIpc) is 2.69. The SMILES string of the molecule is N#CCN(c1ccccc1[N+](=O)[O-])C1CCN(CC2CCCCCCC2)CC1. The molecule has 0 radical (unpaired) electrons. The first-order valence-corrected chi connectivity index (χ1v) is 10.8. The van der Waals surface area contributed by atoms with E-state index < -0.39 is 0 Å². The van der Waals surface area contributed by atoms with Crippen LogP contribution in [0.1, 0.15) is 57.8 Å². The summed E-state index contributed by atoms with van der Waals surface area (Å²) in [6.45, 7) is 3.42. The molecule has 0 spiro atoms.